The van der Waals surface area contributed by atoms with Crippen molar-refractivity contribution in [3.63, 3.8) is 0 Å². The number of carbonyl (C=O) groups is 1. The van der Waals surface area contributed by atoms with E-state index in [2.05, 4.69) is 23.9 Å². The summed E-state index contributed by atoms with van der Waals surface area (Å²) in [7, 11) is 0. The van der Waals surface area contributed by atoms with Gasteiger partial charge in [0.05, 0.1) is 5.56 Å². The Balaban J connectivity index is 1.76. The van der Waals surface area contributed by atoms with E-state index in [0.717, 1.165) is 61.3 Å². The van der Waals surface area contributed by atoms with Crippen LogP contribution in [0.25, 0.3) is 5.82 Å². The van der Waals surface area contributed by atoms with Gasteiger partial charge in [-0.15, -0.1) is 0 Å². The van der Waals surface area contributed by atoms with E-state index < -0.39 is 0 Å². The maximum atomic E-state index is 13.0. The van der Waals surface area contributed by atoms with Crippen molar-refractivity contribution < 1.29 is 9.32 Å². The van der Waals surface area contributed by atoms with E-state index in [4.69, 9.17) is 4.52 Å². The quantitative estimate of drug-likeness (QED) is 0.856. The van der Waals surface area contributed by atoms with E-state index in [9.17, 15) is 4.79 Å². The monoisotopic (exact) mass is 344 g/mol. The molecule has 0 bridgehead atoms. The number of aryl methyl sites for hydroxylation is 2. The van der Waals surface area contributed by atoms with Crippen molar-refractivity contribution in [2.75, 3.05) is 32.7 Å². The van der Waals surface area contributed by atoms with Crippen LogP contribution in [0, 0.1) is 26.7 Å². The lowest BCUT2D eigenvalue weighted by Gasteiger charge is -2.35. The lowest BCUT2D eigenvalue weighted by Crippen LogP contribution is -2.49. The Morgan fingerprint density at radius 2 is 1.84 bits per heavy atom. The molecule has 1 aliphatic heterocycles. The number of piperazine rings is 1. The zero-order valence-corrected chi connectivity index (χ0v) is 15.9. The molecule has 0 atom stereocenters. The fraction of sp³-hybridized carbons (Fsp3) is 0.579. The second-order valence-corrected chi connectivity index (χ2v) is 7.40. The van der Waals surface area contributed by atoms with Crippen LogP contribution in [0.3, 0.4) is 0 Å². The average Bonchev–Trinajstić information content (AvgIpc) is 3.10. The van der Waals surface area contributed by atoms with Crippen molar-refractivity contribution >= 4 is 5.91 Å². The van der Waals surface area contributed by atoms with Crippen LogP contribution in [0.4, 0.5) is 0 Å². The fourth-order valence-electron chi connectivity index (χ4n) is 3.61. The van der Waals surface area contributed by atoms with Gasteiger partial charge in [0, 0.05) is 50.2 Å². The zero-order chi connectivity index (χ0) is 18.1. The molecule has 0 radical (unpaired) electrons. The lowest BCUT2D eigenvalue weighted by molar-refractivity contribution is 0.0623. The van der Waals surface area contributed by atoms with Gasteiger partial charge >= 0.3 is 0 Å². The molecule has 1 fully saturated rings. The largest absolute Gasteiger partial charge is 0.360 e. The van der Waals surface area contributed by atoms with Crippen molar-refractivity contribution in [3.8, 4) is 5.82 Å². The summed E-state index contributed by atoms with van der Waals surface area (Å²) < 4.78 is 7.17. The van der Waals surface area contributed by atoms with E-state index in [-0.39, 0.29) is 5.91 Å². The summed E-state index contributed by atoms with van der Waals surface area (Å²) in [5, 5.41) is 4.09. The molecule has 25 heavy (non-hydrogen) atoms. The van der Waals surface area contributed by atoms with Gasteiger partial charge in [-0.05, 0) is 32.8 Å². The molecule has 0 saturated carbocycles. The Labute approximate surface area is 149 Å². The molecule has 2 aromatic rings. The summed E-state index contributed by atoms with van der Waals surface area (Å²) in [6.07, 6.45) is 0. The molecule has 0 aromatic carbocycles. The summed E-state index contributed by atoms with van der Waals surface area (Å²) in [6, 6.07) is 3.85. The second kappa shape index (κ2) is 7.04. The van der Waals surface area contributed by atoms with Crippen LogP contribution in [0.1, 0.15) is 41.4 Å². The highest BCUT2D eigenvalue weighted by Crippen LogP contribution is 2.22. The first-order valence-corrected chi connectivity index (χ1v) is 9.01. The van der Waals surface area contributed by atoms with Crippen LogP contribution >= 0.6 is 0 Å². The lowest BCUT2D eigenvalue weighted by atomic mass is 10.1. The normalized spacial score (nSPS) is 16.0. The highest BCUT2D eigenvalue weighted by atomic mass is 16.5. The molecule has 1 amide bonds. The zero-order valence-electron chi connectivity index (χ0n) is 15.9. The van der Waals surface area contributed by atoms with Crippen LogP contribution in [0.2, 0.25) is 0 Å². The van der Waals surface area contributed by atoms with E-state index >= 15 is 0 Å². The molecule has 3 rings (SSSR count). The maximum absolute atomic E-state index is 13.0. The van der Waals surface area contributed by atoms with Crippen molar-refractivity contribution in [2.45, 2.75) is 34.6 Å². The SMILES string of the molecule is Cc1cc(-n2c(C)cc(C(=O)N3CCN(CC(C)C)CC3)c2C)no1. The van der Waals surface area contributed by atoms with Crippen LogP contribution in [-0.4, -0.2) is 58.2 Å². The van der Waals surface area contributed by atoms with E-state index in [1.807, 2.05) is 42.4 Å². The minimum atomic E-state index is 0.115. The third kappa shape index (κ3) is 3.63. The van der Waals surface area contributed by atoms with Crippen LogP contribution in [0.15, 0.2) is 16.7 Å². The number of amides is 1. The highest BCUT2D eigenvalue weighted by Gasteiger charge is 2.26. The second-order valence-electron chi connectivity index (χ2n) is 7.40. The molecule has 0 aliphatic carbocycles. The molecule has 136 valence electrons. The standard InChI is InChI=1S/C19H28N4O2/c1-13(2)12-21-6-8-22(9-7-21)19(24)17-10-14(3)23(16(17)5)18-11-15(4)25-20-18/h10-11,13H,6-9,12H2,1-5H3. The molecule has 0 N–H and O–H groups in total. The predicted molar refractivity (Wildman–Crippen MR) is 97.2 cm³/mol. The summed E-state index contributed by atoms with van der Waals surface area (Å²) >= 11 is 0. The first kappa shape index (κ1) is 17.7. The summed E-state index contributed by atoms with van der Waals surface area (Å²) in [5.74, 6) is 2.26. The number of aromatic nitrogens is 2. The third-order valence-corrected chi connectivity index (χ3v) is 4.79. The molecular weight excluding hydrogens is 316 g/mol. The van der Waals surface area contributed by atoms with E-state index in [1.54, 1.807) is 0 Å². The number of hydrogen-bond donors (Lipinski definition) is 0. The molecule has 1 saturated heterocycles. The maximum Gasteiger partial charge on any atom is 0.255 e. The Kier molecular flexibility index (Phi) is 4.99. The molecule has 3 heterocycles. The van der Waals surface area contributed by atoms with Crippen molar-refractivity contribution in [2.24, 2.45) is 5.92 Å². The third-order valence-electron chi connectivity index (χ3n) is 4.79. The fourth-order valence-corrected chi connectivity index (χ4v) is 3.61. The Morgan fingerprint density at radius 1 is 1.16 bits per heavy atom. The van der Waals surface area contributed by atoms with Crippen LogP contribution in [-0.2, 0) is 0 Å². The van der Waals surface area contributed by atoms with Crippen molar-refractivity contribution in [1.29, 1.82) is 0 Å². The Morgan fingerprint density at radius 3 is 2.40 bits per heavy atom. The molecule has 6 heteroatoms. The molecular formula is C19H28N4O2. The first-order chi connectivity index (χ1) is 11.9. The van der Waals surface area contributed by atoms with Gasteiger partial charge in [0.25, 0.3) is 5.91 Å². The van der Waals surface area contributed by atoms with Gasteiger partial charge in [-0.1, -0.05) is 19.0 Å². The minimum Gasteiger partial charge on any atom is -0.360 e. The molecule has 1 aliphatic rings. The topological polar surface area (TPSA) is 54.5 Å². The molecule has 0 spiro atoms. The van der Waals surface area contributed by atoms with Gasteiger partial charge in [0.2, 0.25) is 0 Å². The number of hydrogen-bond acceptors (Lipinski definition) is 4. The van der Waals surface area contributed by atoms with Crippen molar-refractivity contribution in [1.82, 2.24) is 19.5 Å². The average molecular weight is 344 g/mol. The first-order valence-electron chi connectivity index (χ1n) is 9.01. The van der Waals surface area contributed by atoms with Gasteiger partial charge in [-0.2, -0.15) is 0 Å². The minimum absolute atomic E-state index is 0.115. The Bertz CT molecular complexity index is 752. The van der Waals surface area contributed by atoms with Gasteiger partial charge in [-0.3, -0.25) is 14.3 Å². The van der Waals surface area contributed by atoms with Gasteiger partial charge in [-0.25, -0.2) is 0 Å². The van der Waals surface area contributed by atoms with Gasteiger partial charge in [0.1, 0.15) is 5.76 Å². The molecule has 2 aromatic heterocycles. The summed E-state index contributed by atoms with van der Waals surface area (Å²) in [4.78, 5) is 17.4. The van der Waals surface area contributed by atoms with E-state index in [0.29, 0.717) is 5.92 Å². The van der Waals surface area contributed by atoms with Gasteiger partial charge in [0.15, 0.2) is 5.82 Å². The van der Waals surface area contributed by atoms with E-state index in [1.165, 1.54) is 0 Å². The number of nitrogens with zero attached hydrogens (tertiary/aromatic N) is 4. The Hall–Kier alpha value is -2.08. The summed E-state index contributed by atoms with van der Waals surface area (Å²) in [5.41, 5.74) is 2.67. The van der Waals surface area contributed by atoms with Crippen LogP contribution in [0.5, 0.6) is 0 Å². The van der Waals surface area contributed by atoms with Crippen LogP contribution < -0.4 is 0 Å². The van der Waals surface area contributed by atoms with Crippen molar-refractivity contribution in [3.05, 3.63) is 34.8 Å². The number of carbonyl (C=O) groups excluding carboxylic acids is 1. The number of rotatable bonds is 4. The smallest absolute Gasteiger partial charge is 0.255 e. The summed E-state index contributed by atoms with van der Waals surface area (Å²) in [6.45, 7) is 14.9. The van der Waals surface area contributed by atoms with Gasteiger partial charge < -0.3 is 9.42 Å². The molecule has 6 nitrogen and oxygen atoms in total. The predicted octanol–water partition coefficient (Wildman–Crippen LogP) is 2.80. The highest BCUT2D eigenvalue weighted by molar-refractivity contribution is 5.96. The molecule has 0 unspecified atom stereocenters.